The fourth-order valence-electron chi connectivity index (χ4n) is 1.99. The summed E-state index contributed by atoms with van der Waals surface area (Å²) in [5.41, 5.74) is 2.36. The molecule has 32 heavy (non-hydrogen) atoms. The predicted molar refractivity (Wildman–Crippen MR) is 106 cm³/mol. The summed E-state index contributed by atoms with van der Waals surface area (Å²) in [7, 11) is 6.28. The number of anilines is 1. The van der Waals surface area contributed by atoms with Crippen LogP contribution in [-0.4, -0.2) is 78.6 Å². The van der Waals surface area contributed by atoms with Gasteiger partial charge in [0.05, 0.1) is 5.52 Å². The fraction of sp³-hybridized carbons (Fsp3) is 0.421. The van der Waals surface area contributed by atoms with E-state index in [9.17, 15) is 26.3 Å². The number of hydrogen-bond acceptors (Lipinski definition) is 5. The average Bonchev–Trinajstić information content (AvgIpc) is 2.65. The lowest BCUT2D eigenvalue weighted by atomic mass is 10.1. The van der Waals surface area contributed by atoms with Crippen molar-refractivity contribution in [3.05, 3.63) is 35.9 Å². The lowest BCUT2D eigenvalue weighted by Gasteiger charge is -2.21. The van der Waals surface area contributed by atoms with Crippen molar-refractivity contribution >= 4 is 28.7 Å². The van der Waals surface area contributed by atoms with E-state index in [1.165, 1.54) is 10.9 Å². The summed E-state index contributed by atoms with van der Waals surface area (Å²) in [5, 5.41) is 15.5. The van der Waals surface area contributed by atoms with Crippen LogP contribution in [0.1, 0.15) is 5.56 Å². The summed E-state index contributed by atoms with van der Waals surface area (Å²) >= 11 is 0. The molecule has 0 unspecified atom stereocenters. The number of para-hydroxylation sites is 1. The lowest BCUT2D eigenvalue weighted by molar-refractivity contribution is -0.193. The Morgan fingerprint density at radius 2 is 1.34 bits per heavy atom. The number of likely N-dealkylation sites (N-methyl/N-ethyl adjacent to an activating group) is 2. The number of aliphatic carboxylic acids is 2. The van der Waals surface area contributed by atoms with E-state index in [2.05, 4.69) is 62.1 Å². The van der Waals surface area contributed by atoms with Crippen LogP contribution in [0.25, 0.3) is 10.9 Å². The van der Waals surface area contributed by atoms with Crippen LogP contribution in [-0.2, 0) is 9.59 Å². The van der Waals surface area contributed by atoms with Crippen molar-refractivity contribution in [2.45, 2.75) is 19.3 Å². The molecular formula is C19H23F6N3O4. The van der Waals surface area contributed by atoms with E-state index < -0.39 is 24.3 Å². The Balaban J connectivity index is 0.000000570. The second-order valence-electron chi connectivity index (χ2n) is 6.65. The van der Waals surface area contributed by atoms with Gasteiger partial charge in [0.25, 0.3) is 0 Å². The molecule has 1 aromatic heterocycles. The summed E-state index contributed by atoms with van der Waals surface area (Å²) in [6, 6.07) is 10.5. The number of halogens is 6. The molecule has 0 amide bonds. The predicted octanol–water partition coefficient (Wildman–Crippen LogP) is 3.81. The highest BCUT2D eigenvalue weighted by Crippen LogP contribution is 2.21. The molecule has 1 aromatic carbocycles. The number of aromatic nitrogens is 1. The first-order chi connectivity index (χ1) is 14.5. The molecule has 0 spiro atoms. The maximum atomic E-state index is 10.6. The zero-order valence-electron chi connectivity index (χ0n) is 17.6. The molecule has 0 bridgehead atoms. The van der Waals surface area contributed by atoms with Gasteiger partial charge in [0.2, 0.25) is 0 Å². The third kappa shape index (κ3) is 10.8. The molecule has 0 aliphatic heterocycles. The van der Waals surface area contributed by atoms with Crippen LogP contribution >= 0.6 is 0 Å². The molecule has 2 rings (SSSR count). The zero-order valence-corrected chi connectivity index (χ0v) is 17.6. The zero-order chi connectivity index (χ0) is 25.3. The van der Waals surface area contributed by atoms with E-state index in [0.717, 1.165) is 24.4 Å². The number of nitrogens with zero attached hydrogens (tertiary/aromatic N) is 3. The molecule has 0 aliphatic rings. The van der Waals surface area contributed by atoms with E-state index in [4.69, 9.17) is 24.8 Å². The topological polar surface area (TPSA) is 94.0 Å². The van der Waals surface area contributed by atoms with Gasteiger partial charge in [-0.1, -0.05) is 18.2 Å². The molecule has 1 heterocycles. The van der Waals surface area contributed by atoms with Crippen LogP contribution in [0.2, 0.25) is 0 Å². The van der Waals surface area contributed by atoms with Gasteiger partial charge in [-0.3, -0.25) is 0 Å². The minimum Gasteiger partial charge on any atom is -0.475 e. The summed E-state index contributed by atoms with van der Waals surface area (Å²) in [5.74, 6) is -4.46. The van der Waals surface area contributed by atoms with E-state index in [0.29, 0.717) is 0 Å². The average molecular weight is 471 g/mol. The van der Waals surface area contributed by atoms with Crippen LogP contribution < -0.4 is 4.90 Å². The van der Waals surface area contributed by atoms with Gasteiger partial charge >= 0.3 is 24.3 Å². The molecule has 13 heteroatoms. The summed E-state index contributed by atoms with van der Waals surface area (Å²) < 4.78 is 63.5. The van der Waals surface area contributed by atoms with Gasteiger partial charge in [0, 0.05) is 25.5 Å². The smallest absolute Gasteiger partial charge is 0.475 e. The molecule has 0 fully saturated rings. The van der Waals surface area contributed by atoms with Crippen molar-refractivity contribution in [1.29, 1.82) is 0 Å². The van der Waals surface area contributed by atoms with Gasteiger partial charge in [-0.15, -0.1) is 0 Å². The monoisotopic (exact) mass is 471 g/mol. The van der Waals surface area contributed by atoms with Crippen LogP contribution in [0, 0.1) is 6.92 Å². The number of hydrogen-bond donors (Lipinski definition) is 2. The number of carbonyl (C=O) groups is 2. The summed E-state index contributed by atoms with van der Waals surface area (Å²) in [6.45, 7) is 4.16. The number of alkyl halides is 6. The second-order valence-corrected chi connectivity index (χ2v) is 6.65. The number of aryl methyl sites for hydroxylation is 1. The molecule has 0 radical (unpaired) electrons. The van der Waals surface area contributed by atoms with Gasteiger partial charge in [-0.05, 0) is 38.7 Å². The molecule has 2 N–H and O–H groups in total. The Labute approximate surface area is 179 Å². The van der Waals surface area contributed by atoms with Crippen LogP contribution in [0.15, 0.2) is 30.3 Å². The van der Waals surface area contributed by atoms with E-state index >= 15 is 0 Å². The van der Waals surface area contributed by atoms with E-state index in [-0.39, 0.29) is 0 Å². The highest BCUT2D eigenvalue weighted by Gasteiger charge is 2.38. The molecule has 0 atom stereocenters. The van der Waals surface area contributed by atoms with Gasteiger partial charge < -0.3 is 20.0 Å². The molecule has 0 aliphatic carbocycles. The maximum Gasteiger partial charge on any atom is 0.490 e. The number of benzene rings is 1. The SMILES string of the molecule is Cc1cc(N(C)CCN(C)C)nc2ccccc12.O=C(O)C(F)(F)F.O=C(O)C(F)(F)F. The van der Waals surface area contributed by atoms with Crippen molar-refractivity contribution in [2.24, 2.45) is 0 Å². The van der Waals surface area contributed by atoms with Crippen molar-refractivity contribution in [3.8, 4) is 0 Å². The maximum absolute atomic E-state index is 10.6. The minimum absolute atomic E-state index is 0.984. The number of carboxylic acids is 2. The Bertz CT molecular complexity index is 877. The number of rotatable bonds is 4. The van der Waals surface area contributed by atoms with Crippen molar-refractivity contribution in [2.75, 3.05) is 39.1 Å². The third-order valence-corrected chi connectivity index (χ3v) is 3.67. The molecule has 0 saturated heterocycles. The summed E-state index contributed by atoms with van der Waals surface area (Å²) in [6.07, 6.45) is -10.2. The Morgan fingerprint density at radius 3 is 1.75 bits per heavy atom. The van der Waals surface area contributed by atoms with Gasteiger partial charge in [-0.2, -0.15) is 26.3 Å². The van der Waals surface area contributed by atoms with Crippen molar-refractivity contribution in [3.63, 3.8) is 0 Å². The number of pyridine rings is 1. The largest absolute Gasteiger partial charge is 0.490 e. The van der Waals surface area contributed by atoms with Crippen molar-refractivity contribution < 1.29 is 46.1 Å². The molecule has 180 valence electrons. The fourth-order valence-corrected chi connectivity index (χ4v) is 1.99. The normalized spacial score (nSPS) is 11.2. The first-order valence-corrected chi connectivity index (χ1v) is 8.79. The van der Waals surface area contributed by atoms with Crippen molar-refractivity contribution in [1.82, 2.24) is 9.88 Å². The molecular weight excluding hydrogens is 448 g/mol. The van der Waals surface area contributed by atoms with Gasteiger partial charge in [0.1, 0.15) is 5.82 Å². The molecule has 0 saturated carbocycles. The first kappa shape index (κ1) is 28.9. The van der Waals surface area contributed by atoms with E-state index in [1.807, 2.05) is 6.07 Å². The minimum atomic E-state index is -5.08. The Kier molecular flexibility index (Phi) is 10.9. The van der Waals surface area contributed by atoms with Crippen LogP contribution in [0.3, 0.4) is 0 Å². The molecule has 7 nitrogen and oxygen atoms in total. The Hall–Kier alpha value is -3.09. The quantitative estimate of drug-likeness (QED) is 0.655. The highest BCUT2D eigenvalue weighted by atomic mass is 19.4. The molecule has 2 aromatic rings. The first-order valence-electron chi connectivity index (χ1n) is 8.79. The Morgan fingerprint density at radius 1 is 0.906 bits per heavy atom. The standard InChI is InChI=1S/C15H21N3.2C2HF3O2/c1-12-11-15(18(4)10-9-17(2)3)16-14-8-6-5-7-13(12)14;2*3-2(4,5)1(6)7/h5-8,11H,9-10H2,1-4H3;2*(H,6,7). The number of carboxylic acid groups (broad SMARTS) is 2. The van der Waals surface area contributed by atoms with Gasteiger partial charge in [0.15, 0.2) is 0 Å². The number of fused-ring (bicyclic) bond motifs is 1. The van der Waals surface area contributed by atoms with Gasteiger partial charge in [-0.25, -0.2) is 14.6 Å². The lowest BCUT2D eigenvalue weighted by Crippen LogP contribution is -2.29. The third-order valence-electron chi connectivity index (χ3n) is 3.67. The highest BCUT2D eigenvalue weighted by molar-refractivity contribution is 5.83. The second kappa shape index (κ2) is 12.1. The van der Waals surface area contributed by atoms with E-state index in [1.54, 1.807) is 0 Å². The summed E-state index contributed by atoms with van der Waals surface area (Å²) in [4.78, 5) is 26.9. The van der Waals surface area contributed by atoms with Crippen LogP contribution in [0.4, 0.5) is 32.2 Å². The van der Waals surface area contributed by atoms with Crippen LogP contribution in [0.5, 0.6) is 0 Å².